The lowest BCUT2D eigenvalue weighted by atomic mass is 10.1. The summed E-state index contributed by atoms with van der Waals surface area (Å²) in [7, 11) is 3.49. The molecule has 0 aliphatic heterocycles. The first-order valence-electron chi connectivity index (χ1n) is 5.21. The summed E-state index contributed by atoms with van der Waals surface area (Å²) in [5.41, 5.74) is 1.03. The maximum Gasteiger partial charge on any atom is 0.130 e. The van der Waals surface area contributed by atoms with Crippen LogP contribution in [0.15, 0.2) is 18.2 Å². The van der Waals surface area contributed by atoms with Gasteiger partial charge in [-0.3, -0.25) is 0 Å². The zero-order valence-corrected chi connectivity index (χ0v) is 9.90. The van der Waals surface area contributed by atoms with Crippen molar-refractivity contribution in [1.29, 1.82) is 0 Å². The molecule has 0 heterocycles. The molecule has 1 atom stereocenters. The zero-order valence-electron chi connectivity index (χ0n) is 9.90. The second-order valence-electron chi connectivity index (χ2n) is 3.81. The molecule has 1 aromatic carbocycles. The van der Waals surface area contributed by atoms with Crippen molar-refractivity contribution in [3.05, 3.63) is 29.6 Å². The number of nitrogens with zero attached hydrogens (tertiary/aromatic N) is 1. The van der Waals surface area contributed by atoms with E-state index in [1.807, 2.05) is 18.9 Å². The minimum Gasteiger partial charge on any atom is -0.391 e. The van der Waals surface area contributed by atoms with Gasteiger partial charge in [-0.2, -0.15) is 0 Å². The van der Waals surface area contributed by atoms with Crippen LogP contribution in [0.25, 0.3) is 0 Å². The van der Waals surface area contributed by atoms with Crippen LogP contribution in [0, 0.1) is 5.82 Å². The van der Waals surface area contributed by atoms with E-state index in [1.165, 1.54) is 6.07 Å². The van der Waals surface area contributed by atoms with Gasteiger partial charge in [-0.15, -0.1) is 0 Å². The predicted octanol–water partition coefficient (Wildman–Crippen LogP) is 1.79. The smallest absolute Gasteiger partial charge is 0.130 e. The fourth-order valence-electron chi connectivity index (χ4n) is 1.62. The van der Waals surface area contributed by atoms with Gasteiger partial charge in [0.05, 0.1) is 13.2 Å². The summed E-state index contributed by atoms with van der Waals surface area (Å²) in [5, 5.41) is 9.16. The molecule has 0 aliphatic rings. The molecule has 0 bridgehead atoms. The van der Waals surface area contributed by atoms with Crippen molar-refractivity contribution < 1.29 is 14.2 Å². The van der Waals surface area contributed by atoms with E-state index in [-0.39, 0.29) is 18.5 Å². The van der Waals surface area contributed by atoms with E-state index in [2.05, 4.69) is 0 Å². The van der Waals surface area contributed by atoms with E-state index in [4.69, 9.17) is 9.84 Å². The molecule has 3 nitrogen and oxygen atoms in total. The van der Waals surface area contributed by atoms with Crippen molar-refractivity contribution in [2.75, 3.05) is 25.7 Å². The normalized spacial score (nSPS) is 12.6. The van der Waals surface area contributed by atoms with E-state index in [0.717, 1.165) is 0 Å². The molecular formula is C12H18FNO2. The van der Waals surface area contributed by atoms with E-state index in [1.54, 1.807) is 19.2 Å². The molecule has 1 unspecified atom stereocenters. The van der Waals surface area contributed by atoms with E-state index in [9.17, 15) is 4.39 Å². The lowest BCUT2D eigenvalue weighted by Crippen LogP contribution is -2.33. The van der Waals surface area contributed by atoms with E-state index >= 15 is 0 Å². The van der Waals surface area contributed by atoms with Crippen LogP contribution >= 0.6 is 0 Å². The molecule has 1 rings (SSSR count). The molecule has 0 radical (unpaired) electrons. The quantitative estimate of drug-likeness (QED) is 0.832. The van der Waals surface area contributed by atoms with E-state index < -0.39 is 0 Å². The van der Waals surface area contributed by atoms with Gasteiger partial charge >= 0.3 is 0 Å². The Hall–Kier alpha value is -1.13. The molecule has 90 valence electrons. The standard InChI is InChI=1S/C12H18FNO2/c1-9(8-16-3)14(2)12-6-4-5-11(13)10(12)7-15/h4-6,9,15H,7-8H2,1-3H3. The maximum atomic E-state index is 13.4. The van der Waals surface area contributed by atoms with Crippen LogP contribution in [0.4, 0.5) is 10.1 Å². The van der Waals surface area contributed by atoms with Crippen LogP contribution in [-0.4, -0.2) is 31.9 Å². The number of ether oxygens (including phenoxy) is 1. The summed E-state index contributed by atoms with van der Waals surface area (Å²) in [6, 6.07) is 4.90. The summed E-state index contributed by atoms with van der Waals surface area (Å²) >= 11 is 0. The first kappa shape index (κ1) is 12.9. The number of anilines is 1. The number of hydrogen-bond acceptors (Lipinski definition) is 3. The first-order valence-corrected chi connectivity index (χ1v) is 5.21. The van der Waals surface area contributed by atoms with Gasteiger partial charge in [0.15, 0.2) is 0 Å². The van der Waals surface area contributed by atoms with E-state index in [0.29, 0.717) is 17.9 Å². The highest BCUT2D eigenvalue weighted by molar-refractivity contribution is 5.54. The number of benzene rings is 1. The van der Waals surface area contributed by atoms with Gasteiger partial charge in [0.2, 0.25) is 0 Å². The molecule has 0 aromatic heterocycles. The van der Waals surface area contributed by atoms with Gasteiger partial charge in [0, 0.05) is 31.5 Å². The van der Waals surface area contributed by atoms with Gasteiger partial charge in [-0.25, -0.2) is 4.39 Å². The van der Waals surface area contributed by atoms with Gasteiger partial charge in [0.1, 0.15) is 5.82 Å². The molecule has 0 saturated carbocycles. The summed E-state index contributed by atoms with van der Waals surface area (Å²) in [6.07, 6.45) is 0. The minimum atomic E-state index is -0.378. The maximum absolute atomic E-state index is 13.4. The third-order valence-corrected chi connectivity index (χ3v) is 2.70. The molecule has 16 heavy (non-hydrogen) atoms. The monoisotopic (exact) mass is 227 g/mol. The minimum absolute atomic E-state index is 0.122. The highest BCUT2D eigenvalue weighted by Crippen LogP contribution is 2.23. The van der Waals surface area contributed by atoms with Crippen molar-refractivity contribution in [2.45, 2.75) is 19.6 Å². The molecule has 0 aliphatic carbocycles. The summed E-state index contributed by atoms with van der Waals surface area (Å²) in [4.78, 5) is 1.90. The summed E-state index contributed by atoms with van der Waals surface area (Å²) in [6.45, 7) is 2.24. The van der Waals surface area contributed by atoms with Crippen LogP contribution in [0.2, 0.25) is 0 Å². The number of rotatable bonds is 5. The van der Waals surface area contributed by atoms with Gasteiger partial charge < -0.3 is 14.7 Å². The number of halogens is 1. The average Bonchev–Trinajstić information content (AvgIpc) is 2.28. The predicted molar refractivity (Wildman–Crippen MR) is 62.1 cm³/mol. The Labute approximate surface area is 95.5 Å². The Morgan fingerprint density at radius 2 is 2.19 bits per heavy atom. The van der Waals surface area contributed by atoms with Crippen molar-refractivity contribution in [1.82, 2.24) is 0 Å². The highest BCUT2D eigenvalue weighted by Gasteiger charge is 2.15. The Bertz CT molecular complexity index is 344. The molecule has 4 heteroatoms. The fraction of sp³-hybridized carbons (Fsp3) is 0.500. The van der Waals surface area contributed by atoms with Crippen LogP contribution in [0.1, 0.15) is 12.5 Å². The molecule has 0 fully saturated rings. The molecule has 0 saturated heterocycles. The van der Waals surface area contributed by atoms with Gasteiger partial charge in [-0.1, -0.05) is 6.07 Å². The molecule has 0 amide bonds. The van der Waals surface area contributed by atoms with Crippen molar-refractivity contribution >= 4 is 5.69 Å². The molecule has 1 N–H and O–H groups in total. The van der Waals surface area contributed by atoms with Gasteiger partial charge in [0.25, 0.3) is 0 Å². The highest BCUT2D eigenvalue weighted by atomic mass is 19.1. The van der Waals surface area contributed by atoms with Crippen LogP contribution < -0.4 is 4.90 Å². The Kier molecular flexibility index (Phi) is 4.71. The zero-order chi connectivity index (χ0) is 12.1. The van der Waals surface area contributed by atoms with Crippen molar-refractivity contribution in [3.8, 4) is 0 Å². The molecule has 0 spiro atoms. The molecular weight excluding hydrogens is 209 g/mol. The van der Waals surface area contributed by atoms with Crippen LogP contribution in [0.5, 0.6) is 0 Å². The number of aliphatic hydroxyl groups is 1. The molecule has 1 aromatic rings. The largest absolute Gasteiger partial charge is 0.391 e. The Balaban J connectivity index is 2.98. The first-order chi connectivity index (χ1) is 7.61. The number of hydrogen-bond donors (Lipinski definition) is 1. The van der Waals surface area contributed by atoms with Crippen LogP contribution in [-0.2, 0) is 11.3 Å². The number of methoxy groups -OCH3 is 1. The topological polar surface area (TPSA) is 32.7 Å². The fourth-order valence-corrected chi connectivity index (χ4v) is 1.62. The third kappa shape index (κ3) is 2.71. The lowest BCUT2D eigenvalue weighted by Gasteiger charge is -2.28. The Morgan fingerprint density at radius 3 is 2.75 bits per heavy atom. The van der Waals surface area contributed by atoms with Gasteiger partial charge in [-0.05, 0) is 19.1 Å². The van der Waals surface area contributed by atoms with Crippen molar-refractivity contribution in [2.24, 2.45) is 0 Å². The number of aliphatic hydroxyl groups excluding tert-OH is 1. The second kappa shape index (κ2) is 5.82. The van der Waals surface area contributed by atoms with Crippen LogP contribution in [0.3, 0.4) is 0 Å². The average molecular weight is 227 g/mol. The third-order valence-electron chi connectivity index (χ3n) is 2.70. The Morgan fingerprint density at radius 1 is 1.50 bits per heavy atom. The second-order valence-corrected chi connectivity index (χ2v) is 3.81. The summed E-state index contributed by atoms with van der Waals surface area (Å²) in [5.74, 6) is -0.378. The SMILES string of the molecule is COCC(C)N(C)c1cccc(F)c1CO. The lowest BCUT2D eigenvalue weighted by molar-refractivity contribution is 0.183. The van der Waals surface area contributed by atoms with Crippen molar-refractivity contribution in [3.63, 3.8) is 0 Å². The number of likely N-dealkylation sites (N-methyl/N-ethyl adjacent to an activating group) is 1. The summed E-state index contributed by atoms with van der Waals surface area (Å²) < 4.78 is 18.5.